The van der Waals surface area contributed by atoms with Gasteiger partial charge in [0.2, 0.25) is 0 Å². The van der Waals surface area contributed by atoms with Crippen molar-refractivity contribution in [1.82, 2.24) is 9.97 Å². The maximum Gasteiger partial charge on any atom is 0.171 e. The summed E-state index contributed by atoms with van der Waals surface area (Å²) in [5.74, 6) is 1.54. The average Bonchev–Trinajstić information content (AvgIpc) is 2.60. The minimum absolute atomic E-state index is 0.489. The van der Waals surface area contributed by atoms with Crippen molar-refractivity contribution in [3.8, 4) is 0 Å². The molecule has 88 valence electrons. The Bertz CT molecular complexity index is 392. The Morgan fingerprint density at radius 2 is 1.88 bits per heavy atom. The Kier molecular flexibility index (Phi) is 3.33. The lowest BCUT2D eigenvalue weighted by molar-refractivity contribution is 0.602. The molecule has 4 heteroatoms. The molecule has 16 heavy (non-hydrogen) atoms. The number of hydrogen-bond acceptors (Lipinski definition) is 3. The molecule has 1 aliphatic carbocycles. The fourth-order valence-electron chi connectivity index (χ4n) is 2.20. The van der Waals surface area contributed by atoms with Crippen LogP contribution in [0.5, 0.6) is 0 Å². The highest BCUT2D eigenvalue weighted by atomic mass is 35.5. The van der Waals surface area contributed by atoms with Crippen LogP contribution in [0.2, 0.25) is 5.15 Å². The Balaban J connectivity index is 2.12. The zero-order valence-electron chi connectivity index (χ0n) is 10.0. The van der Waals surface area contributed by atoms with E-state index in [-0.39, 0.29) is 0 Å². The molecule has 2 rings (SSSR count). The lowest BCUT2D eigenvalue weighted by Gasteiger charge is -2.14. The minimum Gasteiger partial charge on any atom is -0.365 e. The van der Waals surface area contributed by atoms with Gasteiger partial charge in [-0.2, -0.15) is 0 Å². The van der Waals surface area contributed by atoms with Crippen LogP contribution < -0.4 is 5.32 Å². The Labute approximate surface area is 102 Å². The number of rotatable bonds is 2. The van der Waals surface area contributed by atoms with E-state index < -0.39 is 0 Å². The SMILES string of the molecule is Cc1nc(Cl)c(NC2CCC(C)C2)nc1C. The summed E-state index contributed by atoms with van der Waals surface area (Å²) in [6.07, 6.45) is 3.69. The van der Waals surface area contributed by atoms with Gasteiger partial charge < -0.3 is 5.32 Å². The van der Waals surface area contributed by atoms with Crippen LogP contribution in [-0.2, 0) is 0 Å². The van der Waals surface area contributed by atoms with Crippen LogP contribution in [0.15, 0.2) is 0 Å². The van der Waals surface area contributed by atoms with Crippen molar-refractivity contribution < 1.29 is 0 Å². The smallest absolute Gasteiger partial charge is 0.171 e. The monoisotopic (exact) mass is 239 g/mol. The second-order valence-corrected chi connectivity index (χ2v) is 5.15. The van der Waals surface area contributed by atoms with Gasteiger partial charge in [0.1, 0.15) is 0 Å². The summed E-state index contributed by atoms with van der Waals surface area (Å²) in [5.41, 5.74) is 1.84. The first-order chi connectivity index (χ1) is 7.56. The van der Waals surface area contributed by atoms with Gasteiger partial charge in [0.25, 0.3) is 0 Å². The topological polar surface area (TPSA) is 37.8 Å². The Morgan fingerprint density at radius 1 is 1.19 bits per heavy atom. The largest absolute Gasteiger partial charge is 0.365 e. The molecule has 1 aromatic heterocycles. The van der Waals surface area contributed by atoms with E-state index in [1.807, 2.05) is 13.8 Å². The second-order valence-electron chi connectivity index (χ2n) is 4.79. The molecular formula is C12H18ClN3. The highest BCUT2D eigenvalue weighted by Gasteiger charge is 2.22. The Hall–Kier alpha value is -0.830. The normalized spacial score (nSPS) is 24.8. The fraction of sp³-hybridized carbons (Fsp3) is 0.667. The van der Waals surface area contributed by atoms with E-state index in [1.54, 1.807) is 0 Å². The third kappa shape index (κ3) is 2.46. The van der Waals surface area contributed by atoms with E-state index in [9.17, 15) is 0 Å². The predicted octanol–water partition coefficient (Wildman–Crippen LogP) is 3.35. The van der Waals surface area contributed by atoms with Crippen molar-refractivity contribution in [2.45, 2.75) is 46.1 Å². The van der Waals surface area contributed by atoms with Gasteiger partial charge >= 0.3 is 0 Å². The number of aryl methyl sites for hydroxylation is 2. The molecule has 1 aliphatic rings. The first-order valence-electron chi connectivity index (χ1n) is 5.83. The summed E-state index contributed by atoms with van der Waals surface area (Å²) in [6.45, 7) is 6.17. The molecule has 0 aromatic carbocycles. The highest BCUT2D eigenvalue weighted by molar-refractivity contribution is 6.31. The molecule has 3 nitrogen and oxygen atoms in total. The maximum absolute atomic E-state index is 6.08. The van der Waals surface area contributed by atoms with Gasteiger partial charge in [-0.3, -0.25) is 0 Å². The number of aromatic nitrogens is 2. The molecule has 1 aromatic rings. The zero-order valence-corrected chi connectivity index (χ0v) is 10.8. The van der Waals surface area contributed by atoms with Gasteiger partial charge in [0.05, 0.1) is 11.4 Å². The third-order valence-corrected chi connectivity index (χ3v) is 3.56. The summed E-state index contributed by atoms with van der Waals surface area (Å²) in [5, 5.41) is 3.89. The number of nitrogens with zero attached hydrogens (tertiary/aromatic N) is 2. The molecule has 1 N–H and O–H groups in total. The lowest BCUT2D eigenvalue weighted by atomic mass is 10.1. The summed E-state index contributed by atoms with van der Waals surface area (Å²) >= 11 is 6.08. The average molecular weight is 240 g/mol. The summed E-state index contributed by atoms with van der Waals surface area (Å²) in [4.78, 5) is 8.73. The number of halogens is 1. The molecule has 1 fully saturated rings. The second kappa shape index (κ2) is 4.58. The van der Waals surface area contributed by atoms with Gasteiger partial charge in [-0.25, -0.2) is 9.97 Å². The summed E-state index contributed by atoms with van der Waals surface area (Å²) in [7, 11) is 0. The van der Waals surface area contributed by atoms with E-state index in [1.165, 1.54) is 19.3 Å². The number of nitrogens with one attached hydrogen (secondary N) is 1. The molecule has 2 atom stereocenters. The van der Waals surface area contributed by atoms with Gasteiger partial charge in [-0.1, -0.05) is 18.5 Å². The van der Waals surface area contributed by atoms with Crippen molar-refractivity contribution in [3.63, 3.8) is 0 Å². The van der Waals surface area contributed by atoms with Gasteiger partial charge in [0, 0.05) is 6.04 Å². The number of anilines is 1. The van der Waals surface area contributed by atoms with Crippen molar-refractivity contribution in [2.75, 3.05) is 5.32 Å². The first-order valence-corrected chi connectivity index (χ1v) is 6.21. The van der Waals surface area contributed by atoms with Crippen molar-refractivity contribution in [3.05, 3.63) is 16.5 Å². The van der Waals surface area contributed by atoms with Crippen molar-refractivity contribution >= 4 is 17.4 Å². The molecule has 0 saturated heterocycles. The highest BCUT2D eigenvalue weighted by Crippen LogP contribution is 2.28. The van der Waals surface area contributed by atoms with E-state index in [0.29, 0.717) is 11.2 Å². The van der Waals surface area contributed by atoms with E-state index in [2.05, 4.69) is 22.2 Å². The van der Waals surface area contributed by atoms with Crippen LogP contribution in [-0.4, -0.2) is 16.0 Å². The molecule has 0 radical (unpaired) electrons. The molecule has 0 aliphatic heterocycles. The standard InChI is InChI=1S/C12H18ClN3/c1-7-4-5-10(6-7)16-12-11(13)14-8(2)9(3)15-12/h7,10H,4-6H2,1-3H3,(H,15,16). The first kappa shape index (κ1) is 11.6. The third-order valence-electron chi connectivity index (χ3n) is 3.30. The predicted molar refractivity (Wildman–Crippen MR) is 66.9 cm³/mol. The van der Waals surface area contributed by atoms with Crippen LogP contribution >= 0.6 is 11.6 Å². The van der Waals surface area contributed by atoms with Crippen LogP contribution in [0.3, 0.4) is 0 Å². The minimum atomic E-state index is 0.489. The van der Waals surface area contributed by atoms with Gasteiger partial charge in [-0.05, 0) is 39.0 Å². The zero-order chi connectivity index (χ0) is 11.7. The van der Waals surface area contributed by atoms with Gasteiger partial charge in [0.15, 0.2) is 11.0 Å². The summed E-state index contributed by atoms with van der Waals surface area (Å²) in [6, 6.07) is 0.504. The van der Waals surface area contributed by atoms with Crippen LogP contribution in [0.25, 0.3) is 0 Å². The maximum atomic E-state index is 6.08. The number of hydrogen-bond donors (Lipinski definition) is 1. The van der Waals surface area contributed by atoms with Crippen molar-refractivity contribution in [2.24, 2.45) is 5.92 Å². The molecule has 0 amide bonds. The summed E-state index contributed by atoms with van der Waals surface area (Å²) < 4.78 is 0. The molecular weight excluding hydrogens is 222 g/mol. The quantitative estimate of drug-likeness (QED) is 0.860. The lowest BCUT2D eigenvalue weighted by Crippen LogP contribution is -2.17. The molecule has 1 saturated carbocycles. The molecule has 0 spiro atoms. The van der Waals surface area contributed by atoms with Crippen LogP contribution in [0.1, 0.15) is 37.6 Å². The van der Waals surface area contributed by atoms with Gasteiger partial charge in [-0.15, -0.1) is 0 Å². The van der Waals surface area contributed by atoms with E-state index in [0.717, 1.165) is 23.1 Å². The van der Waals surface area contributed by atoms with Crippen LogP contribution in [0.4, 0.5) is 5.82 Å². The van der Waals surface area contributed by atoms with E-state index >= 15 is 0 Å². The van der Waals surface area contributed by atoms with Crippen LogP contribution in [0, 0.1) is 19.8 Å². The Morgan fingerprint density at radius 3 is 2.50 bits per heavy atom. The molecule has 2 unspecified atom stereocenters. The van der Waals surface area contributed by atoms with Crippen molar-refractivity contribution in [1.29, 1.82) is 0 Å². The fourth-order valence-corrected chi connectivity index (χ4v) is 2.42. The molecule has 0 bridgehead atoms. The molecule has 1 heterocycles. The van der Waals surface area contributed by atoms with E-state index in [4.69, 9.17) is 11.6 Å².